The van der Waals surface area contributed by atoms with Gasteiger partial charge in [0.15, 0.2) is 0 Å². The maximum atomic E-state index is 12.0. The van der Waals surface area contributed by atoms with Gasteiger partial charge >= 0.3 is 0 Å². The zero-order chi connectivity index (χ0) is 13.0. The number of hydrogen-bond acceptors (Lipinski definition) is 2. The van der Waals surface area contributed by atoms with Gasteiger partial charge in [-0.05, 0) is 50.2 Å². The van der Waals surface area contributed by atoms with E-state index in [4.69, 9.17) is 0 Å². The minimum Gasteiger partial charge on any atom is -0.267 e. The van der Waals surface area contributed by atoms with Crippen molar-refractivity contribution >= 4 is 11.6 Å². The van der Waals surface area contributed by atoms with Gasteiger partial charge in [0.1, 0.15) is 0 Å². The first kappa shape index (κ1) is 12.8. The molecule has 0 spiro atoms. The fourth-order valence-electron chi connectivity index (χ4n) is 2.50. The molecule has 1 unspecified atom stereocenters. The number of aryl methyl sites for hydroxylation is 1. The van der Waals surface area contributed by atoms with Gasteiger partial charge in [-0.1, -0.05) is 25.1 Å². The topological polar surface area (TPSA) is 41.5 Å². The molecule has 1 saturated carbocycles. The molecule has 1 N–H and O–H groups in total. The first-order valence-corrected chi connectivity index (χ1v) is 6.64. The van der Waals surface area contributed by atoms with E-state index < -0.39 is 0 Å². The van der Waals surface area contributed by atoms with Crippen LogP contribution >= 0.6 is 0 Å². The summed E-state index contributed by atoms with van der Waals surface area (Å²) in [6, 6.07) is 7.57. The highest BCUT2D eigenvalue weighted by molar-refractivity contribution is 5.97. The van der Waals surface area contributed by atoms with Crippen LogP contribution in [0.15, 0.2) is 29.4 Å². The van der Waals surface area contributed by atoms with Crippen molar-refractivity contribution in [3.8, 4) is 0 Å². The molecule has 1 amide bonds. The zero-order valence-electron chi connectivity index (χ0n) is 11.1. The number of rotatable bonds is 3. The molecule has 1 aliphatic carbocycles. The maximum Gasteiger partial charge on any atom is 0.271 e. The van der Waals surface area contributed by atoms with Crippen LogP contribution in [0.5, 0.6) is 0 Å². The number of nitrogens with zero attached hydrogens (tertiary/aromatic N) is 1. The Bertz CT molecular complexity index is 465. The number of nitrogens with one attached hydrogen (secondary N) is 1. The van der Waals surface area contributed by atoms with Gasteiger partial charge in [-0.3, -0.25) is 4.79 Å². The summed E-state index contributed by atoms with van der Waals surface area (Å²) in [5.74, 6) is 0.449. The fourth-order valence-corrected chi connectivity index (χ4v) is 2.50. The summed E-state index contributed by atoms with van der Waals surface area (Å²) in [6.45, 7) is 4.11. The first-order valence-electron chi connectivity index (χ1n) is 6.64. The molecule has 3 nitrogen and oxygen atoms in total. The number of hydrazone groups is 1. The maximum absolute atomic E-state index is 12.0. The van der Waals surface area contributed by atoms with Crippen LogP contribution in [0.25, 0.3) is 0 Å². The van der Waals surface area contributed by atoms with E-state index in [2.05, 4.69) is 17.5 Å². The lowest BCUT2D eigenvalue weighted by Gasteiger charge is -2.08. The average molecular weight is 244 g/mol. The standard InChI is InChI=1S/C15H20N2O/c1-3-12-8-6-10-14(12)16-17-15(18)13-9-5-4-7-11(13)2/h4-5,7,9,12H,3,6,8,10H2,1-2H3,(H,17,18)/b16-14-. The third-order valence-electron chi connectivity index (χ3n) is 3.64. The van der Waals surface area contributed by atoms with E-state index >= 15 is 0 Å². The van der Waals surface area contributed by atoms with Crippen LogP contribution in [-0.4, -0.2) is 11.6 Å². The second kappa shape index (κ2) is 5.80. The summed E-state index contributed by atoms with van der Waals surface area (Å²) >= 11 is 0. The van der Waals surface area contributed by atoms with Gasteiger partial charge < -0.3 is 0 Å². The summed E-state index contributed by atoms with van der Waals surface area (Å²) in [5.41, 5.74) is 5.53. The van der Waals surface area contributed by atoms with Crippen molar-refractivity contribution in [2.45, 2.75) is 39.5 Å². The normalized spacial score (nSPS) is 21.2. The second-order valence-corrected chi connectivity index (χ2v) is 4.86. The minimum absolute atomic E-state index is 0.109. The molecule has 0 aliphatic heterocycles. The van der Waals surface area contributed by atoms with Gasteiger partial charge in [-0.25, -0.2) is 5.43 Å². The van der Waals surface area contributed by atoms with Gasteiger partial charge in [0, 0.05) is 11.3 Å². The molecule has 1 aromatic rings. The molecule has 0 saturated heterocycles. The van der Waals surface area contributed by atoms with E-state index in [1.165, 1.54) is 12.8 Å². The van der Waals surface area contributed by atoms with Crippen LogP contribution in [0.4, 0.5) is 0 Å². The lowest BCUT2D eigenvalue weighted by molar-refractivity contribution is 0.0954. The van der Waals surface area contributed by atoms with E-state index in [9.17, 15) is 4.79 Å². The van der Waals surface area contributed by atoms with Crippen molar-refractivity contribution in [3.05, 3.63) is 35.4 Å². The molecule has 0 heterocycles. The van der Waals surface area contributed by atoms with E-state index in [0.29, 0.717) is 11.5 Å². The molecule has 3 heteroatoms. The van der Waals surface area contributed by atoms with Gasteiger partial charge in [0.2, 0.25) is 0 Å². The van der Waals surface area contributed by atoms with E-state index in [-0.39, 0.29) is 5.91 Å². The summed E-state index contributed by atoms with van der Waals surface area (Å²) in [5, 5.41) is 4.31. The van der Waals surface area contributed by atoms with E-state index in [1.807, 2.05) is 31.2 Å². The van der Waals surface area contributed by atoms with Crippen molar-refractivity contribution < 1.29 is 4.79 Å². The Kier molecular flexibility index (Phi) is 4.13. The van der Waals surface area contributed by atoms with Gasteiger partial charge in [-0.15, -0.1) is 0 Å². The lowest BCUT2D eigenvalue weighted by atomic mass is 10.0. The number of amides is 1. The van der Waals surface area contributed by atoms with Crippen molar-refractivity contribution in [2.24, 2.45) is 11.0 Å². The Morgan fingerprint density at radius 3 is 2.94 bits per heavy atom. The molecule has 18 heavy (non-hydrogen) atoms. The Morgan fingerprint density at radius 1 is 1.44 bits per heavy atom. The van der Waals surface area contributed by atoms with Crippen molar-refractivity contribution in [2.75, 3.05) is 0 Å². The van der Waals surface area contributed by atoms with Crippen LogP contribution in [-0.2, 0) is 0 Å². The highest BCUT2D eigenvalue weighted by Crippen LogP contribution is 2.24. The van der Waals surface area contributed by atoms with Crippen LogP contribution in [0, 0.1) is 12.8 Å². The summed E-state index contributed by atoms with van der Waals surface area (Å²) in [6.07, 6.45) is 4.53. The van der Waals surface area contributed by atoms with Crippen molar-refractivity contribution in [1.82, 2.24) is 5.43 Å². The molecular weight excluding hydrogens is 224 g/mol. The molecule has 96 valence electrons. The van der Waals surface area contributed by atoms with Crippen molar-refractivity contribution in [3.63, 3.8) is 0 Å². The van der Waals surface area contributed by atoms with Crippen LogP contribution in [0.3, 0.4) is 0 Å². The number of carbonyl (C=O) groups excluding carboxylic acids is 1. The highest BCUT2D eigenvalue weighted by Gasteiger charge is 2.21. The molecule has 0 aromatic heterocycles. The fraction of sp³-hybridized carbons (Fsp3) is 0.467. The summed E-state index contributed by atoms with van der Waals surface area (Å²) in [7, 11) is 0. The second-order valence-electron chi connectivity index (χ2n) is 4.86. The number of hydrogen-bond donors (Lipinski definition) is 1. The molecule has 1 atom stereocenters. The largest absolute Gasteiger partial charge is 0.271 e. The smallest absolute Gasteiger partial charge is 0.267 e. The van der Waals surface area contributed by atoms with Crippen molar-refractivity contribution in [1.29, 1.82) is 0 Å². The highest BCUT2D eigenvalue weighted by atomic mass is 16.2. The average Bonchev–Trinajstić information content (AvgIpc) is 2.84. The SMILES string of the molecule is CCC1CCC/C1=N/NC(=O)c1ccccc1C. The number of benzene rings is 1. The predicted molar refractivity (Wildman–Crippen MR) is 73.7 cm³/mol. The molecule has 1 aliphatic rings. The van der Waals surface area contributed by atoms with Gasteiger partial charge in [0.25, 0.3) is 5.91 Å². The molecule has 2 rings (SSSR count). The van der Waals surface area contributed by atoms with Crippen LogP contribution in [0.1, 0.15) is 48.5 Å². The Labute approximate surface area is 108 Å². The molecular formula is C15H20N2O. The third-order valence-corrected chi connectivity index (χ3v) is 3.64. The predicted octanol–water partition coefficient (Wildman–Crippen LogP) is 3.29. The molecule has 1 fully saturated rings. The van der Waals surface area contributed by atoms with Crippen LogP contribution in [0.2, 0.25) is 0 Å². The third kappa shape index (κ3) is 2.78. The molecule has 0 bridgehead atoms. The number of carbonyl (C=O) groups is 1. The molecule has 0 radical (unpaired) electrons. The first-order chi connectivity index (χ1) is 8.72. The van der Waals surface area contributed by atoms with Gasteiger partial charge in [0.05, 0.1) is 0 Å². The molecule has 1 aromatic carbocycles. The Morgan fingerprint density at radius 2 is 2.22 bits per heavy atom. The monoisotopic (exact) mass is 244 g/mol. The quantitative estimate of drug-likeness (QED) is 0.814. The van der Waals surface area contributed by atoms with Crippen LogP contribution < -0.4 is 5.43 Å². The minimum atomic E-state index is -0.109. The van der Waals surface area contributed by atoms with E-state index in [1.54, 1.807) is 0 Å². The Balaban J connectivity index is 2.04. The Hall–Kier alpha value is -1.64. The summed E-state index contributed by atoms with van der Waals surface area (Å²) in [4.78, 5) is 12.0. The zero-order valence-corrected chi connectivity index (χ0v) is 11.1. The van der Waals surface area contributed by atoms with E-state index in [0.717, 1.165) is 24.1 Å². The lowest BCUT2D eigenvalue weighted by Crippen LogP contribution is -2.21. The summed E-state index contributed by atoms with van der Waals surface area (Å²) < 4.78 is 0. The van der Waals surface area contributed by atoms with Gasteiger partial charge in [-0.2, -0.15) is 5.10 Å².